The summed E-state index contributed by atoms with van der Waals surface area (Å²) in [5.41, 5.74) is 1.75. The van der Waals surface area contributed by atoms with Crippen molar-refractivity contribution in [3.05, 3.63) is 71.8 Å². The van der Waals surface area contributed by atoms with E-state index in [1.54, 1.807) is 34.6 Å². The number of rotatable bonds is 23. The minimum atomic E-state index is -1.29. The number of amides is 3. The average molecular weight is 794 g/mol. The lowest BCUT2D eigenvalue weighted by Gasteiger charge is -2.33. The summed E-state index contributed by atoms with van der Waals surface area (Å²) in [6.45, 7) is 11.0. The summed E-state index contributed by atoms with van der Waals surface area (Å²) in [5.74, 6) is -4.46. The molecule has 1 fully saturated rings. The molecule has 0 bridgehead atoms. The number of ether oxygens (including phenoxy) is 3. The first-order valence-corrected chi connectivity index (χ1v) is 21.5. The molecule has 1 saturated heterocycles. The van der Waals surface area contributed by atoms with E-state index in [9.17, 15) is 24.3 Å². The Bertz CT molecular complexity index is 1460. The number of aliphatic hydroxyl groups is 1. The average Bonchev–Trinajstić information content (AvgIpc) is 3.21. The predicted molar refractivity (Wildman–Crippen MR) is 223 cm³/mol. The number of unbranched alkanes of at least 4 members (excludes halogenated alkanes) is 10. The van der Waals surface area contributed by atoms with Gasteiger partial charge in [-0.1, -0.05) is 166 Å². The van der Waals surface area contributed by atoms with Crippen molar-refractivity contribution >= 4 is 23.7 Å². The summed E-state index contributed by atoms with van der Waals surface area (Å²) in [7, 11) is 0. The van der Waals surface area contributed by atoms with Gasteiger partial charge in [0.25, 0.3) is 0 Å². The maximum Gasteiger partial charge on any atom is 0.331 e. The van der Waals surface area contributed by atoms with Crippen LogP contribution in [0.2, 0.25) is 0 Å². The van der Waals surface area contributed by atoms with Crippen LogP contribution in [0.15, 0.2) is 60.7 Å². The van der Waals surface area contributed by atoms with Crippen molar-refractivity contribution in [2.45, 2.75) is 168 Å². The zero-order valence-corrected chi connectivity index (χ0v) is 35.4. The minimum absolute atomic E-state index is 0.170. The second-order valence-electron chi connectivity index (χ2n) is 16.2. The van der Waals surface area contributed by atoms with Crippen molar-refractivity contribution in [1.29, 1.82) is 0 Å². The summed E-state index contributed by atoms with van der Waals surface area (Å²) in [6.07, 6.45) is 10.7. The Morgan fingerprint density at radius 2 is 1.18 bits per heavy atom. The van der Waals surface area contributed by atoms with Crippen LogP contribution in [0.1, 0.15) is 130 Å². The van der Waals surface area contributed by atoms with Gasteiger partial charge < -0.3 is 35.3 Å². The molecule has 0 aliphatic carbocycles. The van der Waals surface area contributed by atoms with Crippen LogP contribution < -0.4 is 16.0 Å². The number of esters is 1. The first kappa shape index (κ1) is 47.6. The molecule has 11 nitrogen and oxygen atoms in total. The van der Waals surface area contributed by atoms with E-state index in [0.29, 0.717) is 6.42 Å². The molecule has 11 heteroatoms. The molecule has 3 rings (SSSR count). The van der Waals surface area contributed by atoms with Crippen molar-refractivity contribution in [3.8, 4) is 0 Å². The van der Waals surface area contributed by atoms with Crippen LogP contribution in [0, 0.1) is 17.8 Å². The second kappa shape index (κ2) is 26.3. The highest BCUT2D eigenvalue weighted by molar-refractivity contribution is 5.94. The minimum Gasteiger partial charge on any atom is -0.460 e. The van der Waals surface area contributed by atoms with Crippen LogP contribution in [0.5, 0.6) is 0 Å². The zero-order chi connectivity index (χ0) is 41.6. The van der Waals surface area contributed by atoms with Gasteiger partial charge in [-0.25, -0.2) is 4.79 Å². The van der Waals surface area contributed by atoms with Gasteiger partial charge in [-0.2, -0.15) is 0 Å². The third kappa shape index (κ3) is 16.9. The summed E-state index contributed by atoms with van der Waals surface area (Å²) in [4.78, 5) is 56.1. The first-order chi connectivity index (χ1) is 27.4. The zero-order valence-electron chi connectivity index (χ0n) is 35.4. The van der Waals surface area contributed by atoms with Crippen LogP contribution in [-0.4, -0.2) is 71.8 Å². The van der Waals surface area contributed by atoms with E-state index in [1.165, 1.54) is 51.4 Å². The lowest BCUT2D eigenvalue weighted by atomic mass is 9.86. The van der Waals surface area contributed by atoms with Gasteiger partial charge in [0.2, 0.25) is 17.7 Å². The molecule has 2 aromatic carbocycles. The smallest absolute Gasteiger partial charge is 0.331 e. The maximum atomic E-state index is 14.1. The Labute approximate surface area is 341 Å². The standard InChI is InChI=1S/C46H71N3O8/c1-7-8-9-10-11-12-13-14-15-16-23-28-39(50)33(4)42-34(5)43(51)48-40(32(2)3)44(52)49-41(35(6)56-30-37-26-21-18-22-27-37)45(53)47-38(46(54)57-42)31-55-29-36-24-19-17-20-25-36/h17-22,24-27,32-35,38-42,50H,7-16,23,28-31H2,1-6H3,(H,47,53)(H,48,51)(H,49,52)/t33-,34?,35+,38?,39+,40-,41?,42+/m0/s1. The van der Waals surface area contributed by atoms with Crippen molar-refractivity contribution in [2.75, 3.05) is 6.61 Å². The molecule has 1 aliphatic heterocycles. The Morgan fingerprint density at radius 3 is 1.74 bits per heavy atom. The highest BCUT2D eigenvalue weighted by Gasteiger charge is 2.41. The summed E-state index contributed by atoms with van der Waals surface area (Å²) in [5, 5.41) is 19.9. The van der Waals surface area contributed by atoms with Crippen LogP contribution in [0.3, 0.4) is 0 Å². The third-order valence-corrected chi connectivity index (χ3v) is 11.0. The molecule has 0 saturated carbocycles. The normalized spacial score (nSPS) is 22.6. The van der Waals surface area contributed by atoms with Gasteiger partial charge in [-0.3, -0.25) is 14.4 Å². The van der Waals surface area contributed by atoms with Crippen LogP contribution >= 0.6 is 0 Å². The Hall–Kier alpha value is -3.80. The number of benzene rings is 2. The first-order valence-electron chi connectivity index (χ1n) is 21.5. The molecule has 4 N–H and O–H groups in total. The Kier molecular flexibility index (Phi) is 21.9. The van der Waals surface area contributed by atoms with E-state index in [4.69, 9.17) is 14.2 Å². The van der Waals surface area contributed by atoms with E-state index in [1.807, 2.05) is 60.7 Å². The van der Waals surface area contributed by atoms with Gasteiger partial charge >= 0.3 is 5.97 Å². The summed E-state index contributed by atoms with van der Waals surface area (Å²) >= 11 is 0. The fourth-order valence-corrected chi connectivity index (χ4v) is 7.19. The maximum absolute atomic E-state index is 14.1. The fraction of sp³-hybridized carbons (Fsp3) is 0.652. The SMILES string of the molecule is CCCCCCCCCCCCC[C@@H](O)[C@H](C)[C@H]1OC(=O)C(COCc2ccccc2)NC(=O)C([C@@H](C)OCc2ccccc2)NC(=O)[C@H](C(C)C)NC(=O)C1C. The van der Waals surface area contributed by atoms with Crippen LogP contribution in [-0.2, 0) is 46.6 Å². The van der Waals surface area contributed by atoms with Crippen LogP contribution in [0.4, 0.5) is 0 Å². The van der Waals surface area contributed by atoms with Crippen molar-refractivity contribution in [3.63, 3.8) is 0 Å². The number of nitrogens with one attached hydrogen (secondary N) is 3. The van der Waals surface area contributed by atoms with E-state index in [-0.39, 0.29) is 25.7 Å². The van der Waals surface area contributed by atoms with Gasteiger partial charge in [-0.05, 0) is 30.4 Å². The number of cyclic esters (lactones) is 1. The van der Waals surface area contributed by atoms with Gasteiger partial charge in [0.1, 0.15) is 18.2 Å². The van der Waals surface area contributed by atoms with Gasteiger partial charge in [0.05, 0.1) is 37.9 Å². The van der Waals surface area contributed by atoms with Crippen molar-refractivity contribution < 1.29 is 38.5 Å². The molecule has 1 heterocycles. The number of carbonyl (C=O) groups is 4. The van der Waals surface area contributed by atoms with Gasteiger partial charge in [0, 0.05) is 5.92 Å². The fourth-order valence-electron chi connectivity index (χ4n) is 7.19. The molecule has 1 aliphatic rings. The van der Waals surface area contributed by atoms with Crippen molar-refractivity contribution in [2.24, 2.45) is 17.8 Å². The predicted octanol–water partition coefficient (Wildman–Crippen LogP) is 7.18. The highest BCUT2D eigenvalue weighted by Crippen LogP contribution is 2.26. The van der Waals surface area contributed by atoms with Crippen molar-refractivity contribution in [1.82, 2.24) is 16.0 Å². The Morgan fingerprint density at radius 1 is 0.667 bits per heavy atom. The largest absolute Gasteiger partial charge is 0.460 e. The molecular weight excluding hydrogens is 723 g/mol. The second-order valence-corrected chi connectivity index (χ2v) is 16.2. The highest BCUT2D eigenvalue weighted by atomic mass is 16.6. The molecule has 3 amide bonds. The number of hydrogen-bond acceptors (Lipinski definition) is 8. The van der Waals surface area contributed by atoms with E-state index in [0.717, 1.165) is 30.4 Å². The molecule has 2 aromatic rings. The molecule has 57 heavy (non-hydrogen) atoms. The molecule has 0 spiro atoms. The summed E-state index contributed by atoms with van der Waals surface area (Å²) in [6, 6.07) is 15.3. The monoisotopic (exact) mass is 794 g/mol. The lowest BCUT2D eigenvalue weighted by Crippen LogP contribution is -2.60. The molecule has 8 atom stereocenters. The number of carbonyl (C=O) groups excluding carboxylic acids is 4. The van der Waals surface area contributed by atoms with E-state index < -0.39 is 72.0 Å². The lowest BCUT2D eigenvalue weighted by molar-refractivity contribution is -0.165. The third-order valence-electron chi connectivity index (χ3n) is 11.0. The van der Waals surface area contributed by atoms with Crippen LogP contribution in [0.25, 0.3) is 0 Å². The number of aliphatic hydroxyl groups excluding tert-OH is 1. The topological polar surface area (TPSA) is 152 Å². The number of hydrogen-bond donors (Lipinski definition) is 4. The molecule has 3 unspecified atom stereocenters. The molecule has 318 valence electrons. The van der Waals surface area contributed by atoms with Gasteiger partial charge in [-0.15, -0.1) is 0 Å². The quantitative estimate of drug-likeness (QED) is 0.0683. The molecule has 0 aromatic heterocycles. The molecule has 0 radical (unpaired) electrons. The van der Waals surface area contributed by atoms with Gasteiger partial charge in [0.15, 0.2) is 6.04 Å². The van der Waals surface area contributed by atoms with E-state index >= 15 is 0 Å². The van der Waals surface area contributed by atoms with E-state index in [2.05, 4.69) is 22.9 Å². The Balaban J connectivity index is 1.80. The summed E-state index contributed by atoms with van der Waals surface area (Å²) < 4.78 is 18.2. The molecular formula is C46H71N3O8.